The van der Waals surface area contributed by atoms with Crippen molar-refractivity contribution in [3.8, 4) is 5.75 Å². The summed E-state index contributed by atoms with van der Waals surface area (Å²) in [6.07, 6.45) is 2.13. The van der Waals surface area contributed by atoms with Gasteiger partial charge in [0.2, 0.25) is 0 Å². The van der Waals surface area contributed by atoms with E-state index in [1.54, 1.807) is 6.20 Å². The van der Waals surface area contributed by atoms with Crippen LogP contribution in [0.5, 0.6) is 5.75 Å². The van der Waals surface area contributed by atoms with Gasteiger partial charge in [-0.05, 0) is 23.8 Å². The number of rotatable bonds is 7. The van der Waals surface area contributed by atoms with Crippen molar-refractivity contribution in [2.24, 2.45) is 5.18 Å². The van der Waals surface area contributed by atoms with E-state index in [1.165, 1.54) is 7.11 Å². The van der Waals surface area contributed by atoms with Crippen molar-refractivity contribution in [1.82, 2.24) is 4.98 Å². The molecule has 116 valence electrons. The molecule has 1 aromatic heterocycles. The first-order valence-corrected chi connectivity index (χ1v) is 6.96. The van der Waals surface area contributed by atoms with Crippen molar-refractivity contribution in [2.45, 2.75) is 18.6 Å². The number of benzene rings is 1. The fourth-order valence-electron chi connectivity index (χ4n) is 2.28. The number of hydrogen-bond acceptors (Lipinski definition) is 6. The van der Waals surface area contributed by atoms with Crippen LogP contribution in [0.3, 0.4) is 0 Å². The summed E-state index contributed by atoms with van der Waals surface area (Å²) < 4.78 is 15.3. The SMILES string of the molecule is COC(=O)[C@H](Cc1c[nH]c2ccc(OCC3CO3)cc12)N=O. The van der Waals surface area contributed by atoms with E-state index in [1.807, 2.05) is 18.2 Å². The van der Waals surface area contributed by atoms with Gasteiger partial charge in [0.05, 0.1) is 13.7 Å². The van der Waals surface area contributed by atoms with Crippen molar-refractivity contribution >= 4 is 16.9 Å². The topological polar surface area (TPSA) is 93.3 Å². The Labute approximate surface area is 126 Å². The van der Waals surface area contributed by atoms with Crippen LogP contribution in [-0.2, 0) is 20.7 Å². The molecule has 22 heavy (non-hydrogen) atoms. The number of ether oxygens (including phenoxy) is 3. The molecule has 1 fully saturated rings. The summed E-state index contributed by atoms with van der Waals surface area (Å²) in [7, 11) is 1.24. The molecule has 0 aliphatic carbocycles. The second-order valence-electron chi connectivity index (χ2n) is 5.14. The normalized spacial score (nSPS) is 18.0. The van der Waals surface area contributed by atoms with Crippen molar-refractivity contribution in [3.05, 3.63) is 34.9 Å². The number of nitrogens with one attached hydrogen (secondary N) is 1. The van der Waals surface area contributed by atoms with Crippen LogP contribution >= 0.6 is 0 Å². The molecule has 2 heterocycles. The molecule has 1 aliphatic heterocycles. The zero-order valence-corrected chi connectivity index (χ0v) is 12.1. The first-order valence-electron chi connectivity index (χ1n) is 6.96. The van der Waals surface area contributed by atoms with Crippen LogP contribution in [0.2, 0.25) is 0 Å². The number of esters is 1. The van der Waals surface area contributed by atoms with Crippen molar-refractivity contribution in [3.63, 3.8) is 0 Å². The quantitative estimate of drug-likeness (QED) is 0.478. The number of carbonyl (C=O) groups excluding carboxylic acids is 1. The highest BCUT2D eigenvalue weighted by molar-refractivity contribution is 5.86. The molecular weight excluding hydrogens is 288 g/mol. The number of carbonyl (C=O) groups is 1. The molecular formula is C15H16N2O5. The van der Waals surface area contributed by atoms with Gasteiger partial charge in [-0.3, -0.25) is 0 Å². The first kappa shape index (κ1) is 14.5. The number of aromatic amines is 1. The van der Waals surface area contributed by atoms with Gasteiger partial charge < -0.3 is 19.2 Å². The Bertz CT molecular complexity index is 692. The predicted molar refractivity (Wildman–Crippen MR) is 78.8 cm³/mol. The van der Waals surface area contributed by atoms with E-state index in [9.17, 15) is 9.70 Å². The number of hydrogen-bond donors (Lipinski definition) is 1. The van der Waals surface area contributed by atoms with Crippen LogP contribution < -0.4 is 4.74 Å². The Morgan fingerprint density at radius 2 is 2.36 bits per heavy atom. The molecule has 7 heteroatoms. The number of nitroso groups, excluding NO2 is 1. The van der Waals surface area contributed by atoms with Crippen molar-refractivity contribution in [1.29, 1.82) is 0 Å². The van der Waals surface area contributed by atoms with Gasteiger partial charge >= 0.3 is 5.97 Å². The molecule has 0 spiro atoms. The Kier molecular flexibility index (Phi) is 4.06. The minimum absolute atomic E-state index is 0.185. The van der Waals surface area contributed by atoms with Gasteiger partial charge in [0.1, 0.15) is 18.5 Å². The van der Waals surface area contributed by atoms with Gasteiger partial charge in [-0.1, -0.05) is 5.18 Å². The monoisotopic (exact) mass is 304 g/mol. The molecule has 2 atom stereocenters. The third-order valence-corrected chi connectivity index (χ3v) is 3.59. The Balaban J connectivity index is 1.80. The number of aromatic nitrogens is 1. The van der Waals surface area contributed by atoms with Gasteiger partial charge in [-0.15, -0.1) is 4.91 Å². The van der Waals surface area contributed by atoms with Crippen LogP contribution in [-0.4, -0.2) is 43.4 Å². The number of methoxy groups -OCH3 is 1. The molecule has 1 unspecified atom stereocenters. The molecule has 7 nitrogen and oxygen atoms in total. The summed E-state index contributed by atoms with van der Waals surface area (Å²) in [6.45, 7) is 1.26. The van der Waals surface area contributed by atoms with E-state index < -0.39 is 12.0 Å². The van der Waals surface area contributed by atoms with E-state index in [2.05, 4.69) is 14.9 Å². The molecule has 0 radical (unpaired) electrons. The van der Waals surface area contributed by atoms with Crippen molar-refractivity contribution < 1.29 is 19.0 Å². The van der Waals surface area contributed by atoms with Crippen LogP contribution in [0, 0.1) is 4.91 Å². The summed E-state index contributed by atoms with van der Waals surface area (Å²) in [5.41, 5.74) is 1.72. The standard InChI is InChI=1S/C15H16N2O5/c1-20-15(18)14(17-19)4-9-6-16-13-3-2-10(5-12(9)13)21-7-11-8-22-11/h2-3,5-6,11,14,16H,4,7-8H2,1H3/t11?,14-/m0/s1. The summed E-state index contributed by atoms with van der Waals surface area (Å²) >= 11 is 0. The average molecular weight is 304 g/mol. The predicted octanol–water partition coefficient (Wildman–Crippen LogP) is 1.80. The highest BCUT2D eigenvalue weighted by Crippen LogP contribution is 2.26. The summed E-state index contributed by atoms with van der Waals surface area (Å²) in [4.78, 5) is 25.4. The smallest absolute Gasteiger partial charge is 0.334 e. The minimum atomic E-state index is -1.05. The molecule has 3 rings (SSSR count). The maximum absolute atomic E-state index is 11.5. The van der Waals surface area contributed by atoms with Crippen LogP contribution in [0.4, 0.5) is 0 Å². The Morgan fingerprint density at radius 3 is 3.05 bits per heavy atom. The second kappa shape index (κ2) is 6.15. The van der Waals surface area contributed by atoms with Crippen LogP contribution in [0.1, 0.15) is 5.56 Å². The van der Waals surface area contributed by atoms with Gasteiger partial charge in [-0.25, -0.2) is 4.79 Å². The molecule has 1 aromatic carbocycles. The Hall–Kier alpha value is -2.41. The zero-order valence-electron chi connectivity index (χ0n) is 12.1. The summed E-state index contributed by atoms with van der Waals surface area (Å²) in [5.74, 6) is 0.0835. The third kappa shape index (κ3) is 3.09. The molecule has 1 aliphatic rings. The van der Waals surface area contributed by atoms with Gasteiger partial charge in [0, 0.05) is 23.5 Å². The van der Waals surface area contributed by atoms with Gasteiger partial charge in [-0.2, -0.15) is 0 Å². The second-order valence-corrected chi connectivity index (χ2v) is 5.14. The van der Waals surface area contributed by atoms with Crippen LogP contribution in [0.25, 0.3) is 10.9 Å². The largest absolute Gasteiger partial charge is 0.491 e. The summed E-state index contributed by atoms with van der Waals surface area (Å²) in [5, 5.41) is 3.74. The lowest BCUT2D eigenvalue weighted by Crippen LogP contribution is -2.22. The van der Waals surface area contributed by atoms with E-state index >= 15 is 0 Å². The molecule has 1 N–H and O–H groups in total. The third-order valence-electron chi connectivity index (χ3n) is 3.59. The fourth-order valence-corrected chi connectivity index (χ4v) is 2.28. The van der Waals surface area contributed by atoms with Crippen molar-refractivity contribution in [2.75, 3.05) is 20.3 Å². The highest BCUT2D eigenvalue weighted by atomic mass is 16.6. The van der Waals surface area contributed by atoms with E-state index in [4.69, 9.17) is 9.47 Å². The minimum Gasteiger partial charge on any atom is -0.491 e. The highest BCUT2D eigenvalue weighted by Gasteiger charge is 2.24. The summed E-state index contributed by atoms with van der Waals surface area (Å²) in [6, 6.07) is 4.58. The lowest BCUT2D eigenvalue weighted by Gasteiger charge is -2.07. The van der Waals surface area contributed by atoms with E-state index in [-0.39, 0.29) is 12.5 Å². The fraction of sp³-hybridized carbons (Fsp3) is 0.400. The lowest BCUT2D eigenvalue weighted by molar-refractivity contribution is -0.142. The maximum atomic E-state index is 11.5. The first-order chi connectivity index (χ1) is 10.7. The van der Waals surface area contributed by atoms with Crippen LogP contribution in [0.15, 0.2) is 29.6 Å². The maximum Gasteiger partial charge on any atom is 0.334 e. The zero-order chi connectivity index (χ0) is 15.5. The van der Waals surface area contributed by atoms with E-state index in [0.29, 0.717) is 6.61 Å². The van der Waals surface area contributed by atoms with E-state index in [0.717, 1.165) is 28.8 Å². The Morgan fingerprint density at radius 1 is 1.55 bits per heavy atom. The number of fused-ring (bicyclic) bond motifs is 1. The average Bonchev–Trinajstić information content (AvgIpc) is 3.30. The molecule has 1 saturated heterocycles. The molecule has 0 bridgehead atoms. The van der Waals surface area contributed by atoms with Gasteiger partial charge in [0.25, 0.3) is 0 Å². The molecule has 0 amide bonds. The number of epoxide rings is 1. The number of H-pyrrole nitrogens is 1. The molecule has 0 saturated carbocycles. The lowest BCUT2D eigenvalue weighted by atomic mass is 10.1. The molecule has 2 aromatic rings. The van der Waals surface area contributed by atoms with Gasteiger partial charge in [0.15, 0.2) is 6.04 Å². The number of nitrogens with zero attached hydrogens (tertiary/aromatic N) is 1.